The Bertz CT molecular complexity index is 916. The molecule has 134 valence electrons. The summed E-state index contributed by atoms with van der Waals surface area (Å²) in [5.74, 6) is -0.570. The first kappa shape index (κ1) is 18.1. The van der Waals surface area contributed by atoms with E-state index in [2.05, 4.69) is 15.6 Å². The summed E-state index contributed by atoms with van der Waals surface area (Å²) in [4.78, 5) is 29.7. The maximum Gasteiger partial charge on any atom is 0.252 e. The maximum absolute atomic E-state index is 12.7. The van der Waals surface area contributed by atoms with Gasteiger partial charge >= 0.3 is 0 Å². The molecule has 5 nitrogen and oxygen atoms in total. The van der Waals surface area contributed by atoms with E-state index in [1.165, 1.54) is 11.3 Å². The number of aromatic nitrogens is 1. The molecule has 2 aromatic carbocycles. The molecule has 1 heterocycles. The highest BCUT2D eigenvalue weighted by Gasteiger charge is 2.26. The Kier molecular flexibility index (Phi) is 5.32. The second-order valence-electron chi connectivity index (χ2n) is 6.49. The molecular formula is C20H21N3O2S. The lowest BCUT2D eigenvalue weighted by atomic mass is 10.0. The number of thiazole rings is 1. The van der Waals surface area contributed by atoms with Crippen LogP contribution in [0.4, 0.5) is 5.13 Å². The molecule has 0 aliphatic rings. The summed E-state index contributed by atoms with van der Waals surface area (Å²) < 4.78 is 1.01. The van der Waals surface area contributed by atoms with Gasteiger partial charge in [0.15, 0.2) is 5.13 Å². The van der Waals surface area contributed by atoms with Gasteiger partial charge in [-0.15, -0.1) is 0 Å². The highest BCUT2D eigenvalue weighted by molar-refractivity contribution is 7.22. The fourth-order valence-electron chi connectivity index (χ4n) is 2.69. The Morgan fingerprint density at radius 2 is 1.73 bits per heavy atom. The smallest absolute Gasteiger partial charge is 0.252 e. The van der Waals surface area contributed by atoms with Crippen molar-refractivity contribution < 1.29 is 9.59 Å². The summed E-state index contributed by atoms with van der Waals surface area (Å²) in [5.41, 5.74) is 2.29. The van der Waals surface area contributed by atoms with Gasteiger partial charge in [-0.3, -0.25) is 9.59 Å². The van der Waals surface area contributed by atoms with Gasteiger partial charge in [0, 0.05) is 5.56 Å². The fraction of sp³-hybridized carbons (Fsp3) is 0.250. The normalized spacial score (nSPS) is 12.2. The predicted molar refractivity (Wildman–Crippen MR) is 106 cm³/mol. The number of nitrogens with zero attached hydrogens (tertiary/aromatic N) is 1. The van der Waals surface area contributed by atoms with Gasteiger partial charge in [0.1, 0.15) is 6.04 Å². The highest BCUT2D eigenvalue weighted by atomic mass is 32.1. The number of nitrogens with one attached hydrogen (secondary N) is 2. The second-order valence-corrected chi connectivity index (χ2v) is 7.52. The minimum Gasteiger partial charge on any atom is -0.340 e. The van der Waals surface area contributed by atoms with E-state index in [-0.39, 0.29) is 17.7 Å². The molecule has 1 aromatic heterocycles. The van der Waals surface area contributed by atoms with Gasteiger partial charge in [-0.05, 0) is 36.6 Å². The molecule has 0 aliphatic carbocycles. The third-order valence-corrected chi connectivity index (χ3v) is 5.10. The maximum atomic E-state index is 12.7. The van der Waals surface area contributed by atoms with Crippen LogP contribution < -0.4 is 10.6 Å². The number of hydrogen-bond donors (Lipinski definition) is 2. The van der Waals surface area contributed by atoms with Crippen molar-refractivity contribution in [2.75, 3.05) is 5.32 Å². The SMILES string of the molecule is Cc1ccccc1C(=O)N[C@H](C(=O)Nc1nc2ccccc2s1)C(C)C. The molecule has 0 saturated heterocycles. The summed E-state index contributed by atoms with van der Waals surface area (Å²) in [7, 11) is 0. The van der Waals surface area contributed by atoms with E-state index in [1.807, 2.05) is 63.2 Å². The van der Waals surface area contributed by atoms with Crippen LogP contribution >= 0.6 is 11.3 Å². The molecule has 0 bridgehead atoms. The van der Waals surface area contributed by atoms with Crippen molar-refractivity contribution in [3.8, 4) is 0 Å². The van der Waals surface area contributed by atoms with Gasteiger partial charge in [-0.25, -0.2) is 4.98 Å². The zero-order valence-corrected chi connectivity index (χ0v) is 15.8. The van der Waals surface area contributed by atoms with E-state index >= 15 is 0 Å². The number of para-hydroxylation sites is 1. The third kappa shape index (κ3) is 3.91. The molecule has 0 aliphatic heterocycles. The summed E-state index contributed by atoms with van der Waals surface area (Å²) in [6, 6.07) is 14.4. The van der Waals surface area contributed by atoms with Crippen molar-refractivity contribution in [1.29, 1.82) is 0 Å². The van der Waals surface area contributed by atoms with Gasteiger partial charge in [0.2, 0.25) is 5.91 Å². The third-order valence-electron chi connectivity index (χ3n) is 4.15. The predicted octanol–water partition coefficient (Wildman–Crippen LogP) is 4.00. The van der Waals surface area contributed by atoms with Crippen LogP contribution in [0, 0.1) is 12.8 Å². The van der Waals surface area contributed by atoms with E-state index < -0.39 is 6.04 Å². The van der Waals surface area contributed by atoms with Gasteiger partial charge < -0.3 is 10.6 Å². The van der Waals surface area contributed by atoms with E-state index in [1.54, 1.807) is 6.07 Å². The minimum atomic E-state index is -0.644. The lowest BCUT2D eigenvalue weighted by molar-refractivity contribution is -0.118. The Morgan fingerprint density at radius 3 is 2.42 bits per heavy atom. The van der Waals surface area contributed by atoms with E-state index in [0.717, 1.165) is 15.8 Å². The highest BCUT2D eigenvalue weighted by Crippen LogP contribution is 2.25. The van der Waals surface area contributed by atoms with Crippen molar-refractivity contribution in [2.24, 2.45) is 5.92 Å². The van der Waals surface area contributed by atoms with E-state index in [9.17, 15) is 9.59 Å². The van der Waals surface area contributed by atoms with Crippen molar-refractivity contribution in [3.63, 3.8) is 0 Å². The molecule has 6 heteroatoms. The molecule has 0 saturated carbocycles. The van der Waals surface area contributed by atoms with Gasteiger partial charge in [0.25, 0.3) is 5.91 Å². The number of aryl methyl sites for hydroxylation is 1. The number of benzene rings is 2. The number of carbonyl (C=O) groups excluding carboxylic acids is 2. The number of hydrogen-bond acceptors (Lipinski definition) is 4. The lowest BCUT2D eigenvalue weighted by Crippen LogP contribution is -2.47. The summed E-state index contributed by atoms with van der Waals surface area (Å²) in [6.07, 6.45) is 0. The van der Waals surface area contributed by atoms with Gasteiger partial charge in [0.05, 0.1) is 10.2 Å². The quantitative estimate of drug-likeness (QED) is 0.716. The summed E-state index contributed by atoms with van der Waals surface area (Å²) >= 11 is 1.42. The van der Waals surface area contributed by atoms with Crippen molar-refractivity contribution in [2.45, 2.75) is 26.8 Å². The molecule has 2 N–H and O–H groups in total. The lowest BCUT2D eigenvalue weighted by Gasteiger charge is -2.21. The van der Waals surface area contributed by atoms with Crippen molar-refractivity contribution in [3.05, 3.63) is 59.7 Å². The molecule has 1 atom stereocenters. The Hall–Kier alpha value is -2.73. The van der Waals surface area contributed by atoms with Crippen molar-refractivity contribution in [1.82, 2.24) is 10.3 Å². The van der Waals surface area contributed by atoms with Gasteiger partial charge in [-0.1, -0.05) is 55.5 Å². The Balaban J connectivity index is 1.75. The van der Waals surface area contributed by atoms with Gasteiger partial charge in [-0.2, -0.15) is 0 Å². The summed E-state index contributed by atoms with van der Waals surface area (Å²) in [6.45, 7) is 5.68. The van der Waals surface area contributed by atoms with Crippen LogP contribution in [-0.4, -0.2) is 22.8 Å². The number of fused-ring (bicyclic) bond motifs is 1. The molecule has 3 rings (SSSR count). The van der Waals surface area contributed by atoms with Crippen LogP contribution in [-0.2, 0) is 4.79 Å². The monoisotopic (exact) mass is 367 g/mol. The van der Waals surface area contributed by atoms with Crippen LogP contribution in [0.5, 0.6) is 0 Å². The Morgan fingerprint density at radius 1 is 1.04 bits per heavy atom. The minimum absolute atomic E-state index is 0.0580. The molecule has 0 spiro atoms. The molecule has 26 heavy (non-hydrogen) atoms. The standard InChI is InChI=1S/C20H21N3O2S/c1-12(2)17(22-18(24)14-9-5-4-8-13(14)3)19(25)23-20-21-15-10-6-7-11-16(15)26-20/h4-12,17H,1-3H3,(H,22,24)(H,21,23,25)/t17-/m0/s1. The zero-order valence-electron chi connectivity index (χ0n) is 14.9. The van der Waals surface area contributed by atoms with Crippen LogP contribution in [0.1, 0.15) is 29.8 Å². The Labute approximate surface area is 156 Å². The first-order valence-corrected chi connectivity index (χ1v) is 9.30. The molecule has 2 amide bonds. The first-order valence-electron chi connectivity index (χ1n) is 8.48. The molecule has 0 unspecified atom stereocenters. The van der Waals surface area contributed by atoms with E-state index in [0.29, 0.717) is 10.7 Å². The van der Waals surface area contributed by atoms with Crippen LogP contribution in [0.25, 0.3) is 10.2 Å². The molecular weight excluding hydrogens is 346 g/mol. The van der Waals surface area contributed by atoms with Crippen LogP contribution in [0.15, 0.2) is 48.5 Å². The largest absolute Gasteiger partial charge is 0.340 e. The molecule has 0 radical (unpaired) electrons. The fourth-order valence-corrected chi connectivity index (χ4v) is 3.56. The molecule has 0 fully saturated rings. The van der Waals surface area contributed by atoms with Crippen LogP contribution in [0.2, 0.25) is 0 Å². The number of anilines is 1. The number of amides is 2. The summed E-state index contributed by atoms with van der Waals surface area (Å²) in [5, 5.41) is 6.23. The number of rotatable bonds is 5. The van der Waals surface area contributed by atoms with Crippen molar-refractivity contribution >= 4 is 38.5 Å². The first-order chi connectivity index (χ1) is 12.5. The topological polar surface area (TPSA) is 71.1 Å². The second kappa shape index (κ2) is 7.66. The van der Waals surface area contributed by atoms with E-state index in [4.69, 9.17) is 0 Å². The average molecular weight is 367 g/mol. The van der Waals surface area contributed by atoms with Crippen LogP contribution in [0.3, 0.4) is 0 Å². The molecule has 3 aromatic rings. The zero-order chi connectivity index (χ0) is 18.7. The average Bonchev–Trinajstić information content (AvgIpc) is 3.01. The number of carbonyl (C=O) groups is 2.